The molecule has 0 aliphatic rings. The number of carbonyl (C=O) groups excluding carboxylic acids is 1. The number of hydrogen-bond acceptors (Lipinski definition) is 5. The van der Waals surface area contributed by atoms with Crippen molar-refractivity contribution in [2.75, 3.05) is 25.6 Å². The van der Waals surface area contributed by atoms with Crippen LogP contribution >= 0.6 is 11.6 Å². The number of rotatable bonds is 5. The van der Waals surface area contributed by atoms with Crippen molar-refractivity contribution in [1.29, 1.82) is 0 Å². The monoisotopic (exact) mass is 274 g/mol. The molecule has 0 aliphatic carbocycles. The first-order valence-electron chi connectivity index (χ1n) is 5.19. The van der Waals surface area contributed by atoms with Crippen LogP contribution in [0, 0.1) is 0 Å². The minimum Gasteiger partial charge on any atom is -0.398 e. The minimum atomic E-state index is -1.50. The quantitative estimate of drug-likeness (QED) is 0.459. The van der Waals surface area contributed by atoms with Crippen LogP contribution in [0.25, 0.3) is 0 Å². The van der Waals surface area contributed by atoms with Gasteiger partial charge in [-0.3, -0.25) is 4.79 Å². The van der Waals surface area contributed by atoms with Gasteiger partial charge in [0.25, 0.3) is 5.91 Å². The molecule has 1 rings (SSSR count). The first-order chi connectivity index (χ1) is 8.49. The SMILES string of the molecule is Nc1cccc(C(=O)NC(CO)(CO)CO)c1Cl. The zero-order valence-electron chi connectivity index (χ0n) is 9.56. The van der Waals surface area contributed by atoms with Crippen LogP contribution in [0.5, 0.6) is 0 Å². The van der Waals surface area contributed by atoms with E-state index in [1.807, 2.05) is 0 Å². The van der Waals surface area contributed by atoms with Crippen LogP contribution in [-0.2, 0) is 0 Å². The number of nitrogens with two attached hydrogens (primary N) is 1. The van der Waals surface area contributed by atoms with E-state index in [4.69, 9.17) is 32.7 Å². The molecule has 0 fully saturated rings. The fraction of sp³-hybridized carbons (Fsp3) is 0.364. The second-order valence-corrected chi connectivity index (χ2v) is 4.30. The van der Waals surface area contributed by atoms with Gasteiger partial charge >= 0.3 is 0 Å². The summed E-state index contributed by atoms with van der Waals surface area (Å²) in [6.07, 6.45) is 0. The number of nitrogens with one attached hydrogen (secondary N) is 1. The van der Waals surface area contributed by atoms with E-state index in [0.29, 0.717) is 0 Å². The van der Waals surface area contributed by atoms with Gasteiger partial charge in [-0.25, -0.2) is 0 Å². The first-order valence-corrected chi connectivity index (χ1v) is 5.56. The largest absolute Gasteiger partial charge is 0.398 e. The fourth-order valence-corrected chi connectivity index (χ4v) is 1.51. The third-order valence-corrected chi connectivity index (χ3v) is 2.98. The molecular formula is C11H15ClN2O4. The van der Waals surface area contributed by atoms with E-state index in [9.17, 15) is 4.79 Å². The molecule has 100 valence electrons. The van der Waals surface area contributed by atoms with E-state index >= 15 is 0 Å². The van der Waals surface area contributed by atoms with Crippen molar-refractivity contribution in [3.05, 3.63) is 28.8 Å². The summed E-state index contributed by atoms with van der Waals surface area (Å²) in [6, 6.07) is 4.54. The molecule has 0 heterocycles. The summed E-state index contributed by atoms with van der Waals surface area (Å²) in [4.78, 5) is 11.9. The predicted octanol–water partition coefficient (Wildman–Crippen LogP) is -0.632. The normalized spacial score (nSPS) is 11.3. The van der Waals surface area contributed by atoms with Crippen LogP contribution in [-0.4, -0.2) is 46.6 Å². The zero-order chi connectivity index (χ0) is 13.8. The van der Waals surface area contributed by atoms with Crippen LogP contribution in [0.3, 0.4) is 0 Å². The molecule has 0 saturated heterocycles. The summed E-state index contributed by atoms with van der Waals surface area (Å²) >= 11 is 5.87. The molecule has 0 aromatic heterocycles. The smallest absolute Gasteiger partial charge is 0.253 e. The number of amides is 1. The molecule has 1 aromatic carbocycles. The summed E-state index contributed by atoms with van der Waals surface area (Å²) in [5, 5.41) is 29.7. The Morgan fingerprint density at radius 2 is 1.83 bits per heavy atom. The number of hydrogen-bond donors (Lipinski definition) is 5. The van der Waals surface area contributed by atoms with E-state index in [1.54, 1.807) is 6.07 Å². The van der Waals surface area contributed by atoms with Crippen LogP contribution in [0.2, 0.25) is 5.02 Å². The average molecular weight is 275 g/mol. The Kier molecular flexibility index (Phi) is 4.92. The maximum Gasteiger partial charge on any atom is 0.253 e. The number of aliphatic hydroxyl groups is 3. The lowest BCUT2D eigenvalue weighted by molar-refractivity contribution is 0.0375. The fourth-order valence-electron chi connectivity index (χ4n) is 1.30. The van der Waals surface area contributed by atoms with Crippen molar-refractivity contribution in [3.8, 4) is 0 Å². The van der Waals surface area contributed by atoms with Crippen molar-refractivity contribution >= 4 is 23.2 Å². The second-order valence-electron chi connectivity index (χ2n) is 3.92. The molecule has 0 atom stereocenters. The lowest BCUT2D eigenvalue weighted by atomic mass is 10.0. The number of halogens is 1. The summed E-state index contributed by atoms with van der Waals surface area (Å²) < 4.78 is 0. The predicted molar refractivity (Wildman–Crippen MR) is 67.3 cm³/mol. The van der Waals surface area contributed by atoms with Gasteiger partial charge in [-0.15, -0.1) is 0 Å². The van der Waals surface area contributed by atoms with Gasteiger partial charge in [-0.1, -0.05) is 17.7 Å². The molecule has 1 aromatic rings. The van der Waals surface area contributed by atoms with Gasteiger partial charge in [0, 0.05) is 0 Å². The Labute approximate surface area is 109 Å². The molecular weight excluding hydrogens is 260 g/mol. The topological polar surface area (TPSA) is 116 Å². The Hall–Kier alpha value is -1.34. The van der Waals surface area contributed by atoms with Crippen LogP contribution in [0.1, 0.15) is 10.4 Å². The molecule has 6 N–H and O–H groups in total. The van der Waals surface area contributed by atoms with E-state index in [0.717, 1.165) is 0 Å². The van der Waals surface area contributed by atoms with Gasteiger partial charge < -0.3 is 26.4 Å². The zero-order valence-corrected chi connectivity index (χ0v) is 10.3. The van der Waals surface area contributed by atoms with E-state index in [2.05, 4.69) is 5.32 Å². The van der Waals surface area contributed by atoms with Crippen molar-refractivity contribution in [1.82, 2.24) is 5.32 Å². The van der Waals surface area contributed by atoms with Gasteiger partial charge in [0.05, 0.1) is 36.1 Å². The third-order valence-electron chi connectivity index (χ3n) is 2.56. The van der Waals surface area contributed by atoms with Crippen molar-refractivity contribution < 1.29 is 20.1 Å². The lowest BCUT2D eigenvalue weighted by Crippen LogP contribution is -2.57. The molecule has 7 heteroatoms. The number of benzene rings is 1. The highest BCUT2D eigenvalue weighted by molar-refractivity contribution is 6.36. The molecule has 1 amide bonds. The third kappa shape index (κ3) is 2.91. The Morgan fingerprint density at radius 1 is 1.28 bits per heavy atom. The van der Waals surface area contributed by atoms with E-state index in [1.165, 1.54) is 12.1 Å². The highest BCUT2D eigenvalue weighted by atomic mass is 35.5. The van der Waals surface area contributed by atoms with E-state index in [-0.39, 0.29) is 16.3 Å². The molecule has 0 radical (unpaired) electrons. The lowest BCUT2D eigenvalue weighted by Gasteiger charge is -2.28. The van der Waals surface area contributed by atoms with Crippen molar-refractivity contribution in [2.24, 2.45) is 0 Å². The second kappa shape index (κ2) is 6.01. The standard InChI is InChI=1S/C11H15ClN2O4/c12-9-7(2-1-3-8(9)13)10(18)14-11(4-15,5-16)6-17/h1-3,15-17H,4-6,13H2,(H,14,18). The van der Waals surface area contributed by atoms with Crippen LogP contribution < -0.4 is 11.1 Å². The van der Waals surface area contributed by atoms with Crippen molar-refractivity contribution in [2.45, 2.75) is 5.54 Å². The van der Waals surface area contributed by atoms with E-state index < -0.39 is 31.3 Å². The molecule has 18 heavy (non-hydrogen) atoms. The minimum absolute atomic E-state index is 0.0812. The molecule has 6 nitrogen and oxygen atoms in total. The van der Waals surface area contributed by atoms with Gasteiger partial charge in [-0.05, 0) is 12.1 Å². The Balaban J connectivity index is 2.98. The first kappa shape index (κ1) is 14.7. The summed E-state index contributed by atoms with van der Waals surface area (Å²) in [7, 11) is 0. The van der Waals surface area contributed by atoms with Crippen LogP contribution in [0.15, 0.2) is 18.2 Å². The van der Waals surface area contributed by atoms with Gasteiger partial charge in [0.1, 0.15) is 5.54 Å². The van der Waals surface area contributed by atoms with Gasteiger partial charge in [0.15, 0.2) is 0 Å². The summed E-state index contributed by atoms with van der Waals surface area (Å²) in [5.74, 6) is -0.635. The number of aliphatic hydroxyl groups excluding tert-OH is 3. The highest BCUT2D eigenvalue weighted by Crippen LogP contribution is 2.23. The molecule has 0 aliphatic heterocycles. The van der Waals surface area contributed by atoms with Gasteiger partial charge in [0.2, 0.25) is 0 Å². The van der Waals surface area contributed by atoms with Crippen molar-refractivity contribution in [3.63, 3.8) is 0 Å². The number of anilines is 1. The molecule has 0 bridgehead atoms. The number of nitrogen functional groups attached to an aromatic ring is 1. The highest BCUT2D eigenvalue weighted by Gasteiger charge is 2.31. The molecule has 0 saturated carbocycles. The molecule has 0 unspecified atom stereocenters. The number of carbonyl (C=O) groups is 1. The van der Waals surface area contributed by atoms with Crippen LogP contribution in [0.4, 0.5) is 5.69 Å². The Bertz CT molecular complexity index is 427. The maximum atomic E-state index is 11.9. The summed E-state index contributed by atoms with van der Waals surface area (Å²) in [6.45, 7) is -1.82. The average Bonchev–Trinajstić information content (AvgIpc) is 2.39. The molecule has 0 spiro atoms. The van der Waals surface area contributed by atoms with Gasteiger partial charge in [-0.2, -0.15) is 0 Å². The summed E-state index contributed by atoms with van der Waals surface area (Å²) in [5.41, 5.74) is 4.41. The Morgan fingerprint density at radius 3 is 2.33 bits per heavy atom. The maximum absolute atomic E-state index is 11.9.